The Balaban J connectivity index is 2.71. The van der Waals surface area contributed by atoms with Gasteiger partial charge in [-0.05, 0) is 17.7 Å². The van der Waals surface area contributed by atoms with Gasteiger partial charge in [-0.3, -0.25) is 4.89 Å². The van der Waals surface area contributed by atoms with Gasteiger partial charge in [0.2, 0.25) is 0 Å². The highest BCUT2D eigenvalue weighted by molar-refractivity contribution is 7.68. The fourth-order valence-electron chi connectivity index (χ4n) is 1.07. The quantitative estimate of drug-likeness (QED) is 0.545. The van der Waals surface area contributed by atoms with Gasteiger partial charge in [0.05, 0.1) is 13.3 Å². The lowest BCUT2D eigenvalue weighted by Gasteiger charge is -2.08. The van der Waals surface area contributed by atoms with Crippen LogP contribution in [0.3, 0.4) is 0 Å². The highest BCUT2D eigenvalue weighted by Crippen LogP contribution is 2.49. The average molecular weight is 184 g/mol. The normalized spacial score (nSPS) is 11.6. The summed E-state index contributed by atoms with van der Waals surface area (Å²) >= 11 is 0. The minimum absolute atomic E-state index is 0.771. The van der Waals surface area contributed by atoms with Gasteiger partial charge >= 0.3 is 0 Å². The minimum atomic E-state index is -1.69. The van der Waals surface area contributed by atoms with Crippen LogP contribution in [-0.2, 0) is 6.16 Å². The summed E-state index contributed by atoms with van der Waals surface area (Å²) in [5, 5.41) is 0. The summed E-state index contributed by atoms with van der Waals surface area (Å²) in [6.07, 6.45) is 0.771. The van der Waals surface area contributed by atoms with Crippen molar-refractivity contribution in [2.24, 2.45) is 0 Å². The van der Waals surface area contributed by atoms with Crippen LogP contribution < -0.4 is 5.73 Å². The smallest absolute Gasteiger partial charge is 0.140 e. The maximum absolute atomic E-state index is 9.62. The van der Waals surface area contributed by atoms with Crippen molar-refractivity contribution < 1.29 is 4.89 Å². The summed E-state index contributed by atoms with van der Waals surface area (Å²) in [4.78, 5) is 9.62. The molecule has 1 aromatic rings. The van der Waals surface area contributed by atoms with Crippen molar-refractivity contribution in [2.75, 3.05) is 19.1 Å². The summed E-state index contributed by atoms with van der Waals surface area (Å²) in [7, 11) is -1.69. The van der Waals surface area contributed by atoms with E-state index in [1.54, 1.807) is 0 Å². The molecule has 0 heterocycles. The van der Waals surface area contributed by atoms with Crippen molar-refractivity contribution in [1.82, 2.24) is 0 Å². The van der Waals surface area contributed by atoms with Crippen LogP contribution >= 0.6 is 7.49 Å². The van der Waals surface area contributed by atoms with Crippen molar-refractivity contribution in [3.05, 3.63) is 29.8 Å². The van der Waals surface area contributed by atoms with Crippen LogP contribution in [0, 0.1) is 0 Å². The van der Waals surface area contributed by atoms with Crippen LogP contribution in [0.4, 0.5) is 5.69 Å². The molecule has 0 radical (unpaired) electrons. The van der Waals surface area contributed by atoms with Crippen LogP contribution in [-0.4, -0.2) is 18.2 Å². The van der Waals surface area contributed by atoms with Crippen LogP contribution in [0.1, 0.15) is 5.56 Å². The Hall–Kier alpha value is -0.590. The Morgan fingerprint density at radius 3 is 2.17 bits per heavy atom. The summed E-state index contributed by atoms with van der Waals surface area (Å²) < 4.78 is 0. The maximum atomic E-state index is 9.62. The molecule has 3 heteroatoms. The van der Waals surface area contributed by atoms with E-state index in [9.17, 15) is 4.89 Å². The first kappa shape index (κ1) is 9.50. The molecule has 0 bridgehead atoms. The van der Waals surface area contributed by atoms with E-state index >= 15 is 0 Å². The predicted molar refractivity (Wildman–Crippen MR) is 55.5 cm³/mol. The number of hydrogen-bond acceptors (Lipinski definition) is 2. The van der Waals surface area contributed by atoms with E-state index in [-0.39, 0.29) is 0 Å². The van der Waals surface area contributed by atoms with Gasteiger partial charge in [0.15, 0.2) is 0 Å². The standard InChI is InChI=1S/C9H15NOP/c1-12(2,11)7-8-3-5-9(10)6-4-8/h3-6,11H,7,10H2,1-2H3/q+1. The van der Waals surface area contributed by atoms with E-state index in [1.165, 1.54) is 0 Å². The lowest BCUT2D eigenvalue weighted by Crippen LogP contribution is -1.92. The Morgan fingerprint density at radius 2 is 1.75 bits per heavy atom. The summed E-state index contributed by atoms with van der Waals surface area (Å²) in [5.41, 5.74) is 7.47. The van der Waals surface area contributed by atoms with Gasteiger partial charge in [-0.25, -0.2) is 0 Å². The third kappa shape index (κ3) is 3.21. The lowest BCUT2D eigenvalue weighted by molar-refractivity contribution is 0.611. The maximum Gasteiger partial charge on any atom is 0.140 e. The average Bonchev–Trinajstić information content (AvgIpc) is 1.91. The molecular formula is C9H15NOP+. The molecule has 0 spiro atoms. The Bertz CT molecular complexity index is 250. The Labute approximate surface area is 73.8 Å². The number of nitrogen functional groups attached to an aromatic ring is 1. The van der Waals surface area contributed by atoms with Crippen molar-refractivity contribution in [2.45, 2.75) is 6.16 Å². The Morgan fingerprint density at radius 1 is 1.25 bits per heavy atom. The second kappa shape index (κ2) is 3.42. The van der Waals surface area contributed by atoms with E-state index < -0.39 is 7.49 Å². The first-order chi connectivity index (χ1) is 5.47. The molecule has 0 aliphatic carbocycles. The van der Waals surface area contributed by atoms with E-state index in [1.807, 2.05) is 37.6 Å². The van der Waals surface area contributed by atoms with Crippen LogP contribution in [0.25, 0.3) is 0 Å². The van der Waals surface area contributed by atoms with Crippen molar-refractivity contribution in [3.8, 4) is 0 Å². The number of anilines is 1. The number of hydrogen-bond donors (Lipinski definition) is 2. The fraction of sp³-hybridized carbons (Fsp3) is 0.333. The molecule has 0 aromatic heterocycles. The first-order valence-corrected chi connectivity index (χ1v) is 6.70. The van der Waals surface area contributed by atoms with Crippen LogP contribution in [0.5, 0.6) is 0 Å². The molecule has 0 amide bonds. The molecule has 1 aromatic carbocycles. The number of rotatable bonds is 2. The van der Waals surface area contributed by atoms with Crippen LogP contribution in [0.2, 0.25) is 0 Å². The third-order valence-corrected chi connectivity index (χ3v) is 2.69. The molecule has 0 unspecified atom stereocenters. The molecule has 12 heavy (non-hydrogen) atoms. The Kier molecular flexibility index (Phi) is 2.71. The molecule has 0 atom stereocenters. The summed E-state index contributed by atoms with van der Waals surface area (Å²) in [6.45, 7) is 3.81. The molecule has 66 valence electrons. The molecule has 0 saturated carbocycles. The van der Waals surface area contributed by atoms with Crippen molar-refractivity contribution >= 4 is 13.2 Å². The molecular weight excluding hydrogens is 169 g/mol. The van der Waals surface area contributed by atoms with Gasteiger partial charge in [-0.1, -0.05) is 12.1 Å². The molecule has 1 rings (SSSR count). The van der Waals surface area contributed by atoms with Gasteiger partial charge in [0, 0.05) is 5.69 Å². The molecule has 0 aliphatic heterocycles. The van der Waals surface area contributed by atoms with Crippen LogP contribution in [0.15, 0.2) is 24.3 Å². The van der Waals surface area contributed by atoms with Gasteiger partial charge in [-0.2, -0.15) is 0 Å². The lowest BCUT2D eigenvalue weighted by atomic mass is 10.2. The van der Waals surface area contributed by atoms with Gasteiger partial charge in [0.25, 0.3) is 0 Å². The van der Waals surface area contributed by atoms with Crippen molar-refractivity contribution in [1.29, 1.82) is 0 Å². The second-order valence-corrected chi connectivity index (χ2v) is 7.08. The van der Waals surface area contributed by atoms with Gasteiger partial charge in [0.1, 0.15) is 13.7 Å². The largest absolute Gasteiger partial charge is 0.399 e. The number of nitrogens with two attached hydrogens (primary N) is 1. The van der Waals surface area contributed by atoms with E-state index in [2.05, 4.69) is 0 Å². The molecule has 2 nitrogen and oxygen atoms in total. The SMILES string of the molecule is C[P+](C)(O)Cc1ccc(N)cc1. The van der Waals surface area contributed by atoms with Gasteiger partial charge in [-0.15, -0.1) is 0 Å². The van der Waals surface area contributed by atoms with E-state index in [0.717, 1.165) is 17.4 Å². The first-order valence-electron chi connectivity index (χ1n) is 3.87. The fourth-order valence-corrected chi connectivity index (χ4v) is 2.17. The number of benzene rings is 1. The molecule has 3 N–H and O–H groups in total. The predicted octanol–water partition coefficient (Wildman–Crippen LogP) is 1.95. The molecule has 0 saturated heterocycles. The van der Waals surface area contributed by atoms with Crippen molar-refractivity contribution in [3.63, 3.8) is 0 Å². The highest BCUT2D eigenvalue weighted by atomic mass is 31.2. The van der Waals surface area contributed by atoms with Gasteiger partial charge < -0.3 is 5.73 Å². The zero-order valence-electron chi connectivity index (χ0n) is 7.49. The summed E-state index contributed by atoms with van der Waals surface area (Å²) in [6, 6.07) is 7.66. The zero-order chi connectivity index (χ0) is 9.19. The minimum Gasteiger partial charge on any atom is -0.399 e. The molecule has 0 aliphatic rings. The summed E-state index contributed by atoms with van der Waals surface area (Å²) in [5.74, 6) is 0. The van der Waals surface area contributed by atoms with E-state index in [4.69, 9.17) is 5.73 Å². The second-order valence-electron chi connectivity index (χ2n) is 3.52. The molecule has 0 fully saturated rings. The topological polar surface area (TPSA) is 46.2 Å². The monoisotopic (exact) mass is 184 g/mol. The zero-order valence-corrected chi connectivity index (χ0v) is 8.38. The highest BCUT2D eigenvalue weighted by Gasteiger charge is 2.20. The van der Waals surface area contributed by atoms with E-state index in [0.29, 0.717) is 0 Å². The third-order valence-electron chi connectivity index (χ3n) is 1.55.